The number of hydrogen-bond donors (Lipinski definition) is 3. The third-order valence-corrected chi connectivity index (χ3v) is 2.90. The van der Waals surface area contributed by atoms with E-state index in [9.17, 15) is 24.8 Å². The van der Waals surface area contributed by atoms with Gasteiger partial charge in [-0.15, -0.1) is 0 Å². The molecule has 0 saturated heterocycles. The number of carbonyl (C=O) groups is 2. The van der Waals surface area contributed by atoms with Crippen molar-refractivity contribution >= 4 is 17.5 Å². The Kier molecular flexibility index (Phi) is 4.92. The second-order valence-electron chi connectivity index (χ2n) is 4.51. The van der Waals surface area contributed by atoms with E-state index in [1.54, 1.807) is 6.07 Å². The van der Waals surface area contributed by atoms with Gasteiger partial charge in [0.25, 0.3) is 11.6 Å². The number of hydrogen-bond acceptors (Lipinski definition) is 6. The van der Waals surface area contributed by atoms with Crippen molar-refractivity contribution in [2.75, 3.05) is 6.54 Å². The molecule has 1 aromatic carbocycles. The molecule has 0 bridgehead atoms. The lowest BCUT2D eigenvalue weighted by Gasteiger charge is -2.07. The molecular formula is C14H13N3O6. The molecule has 2 aromatic rings. The molecule has 23 heavy (non-hydrogen) atoms. The minimum absolute atomic E-state index is 0.0779. The third-order valence-electron chi connectivity index (χ3n) is 2.90. The fourth-order valence-electron chi connectivity index (χ4n) is 1.74. The smallest absolute Gasteiger partial charge is 0.287 e. The first-order valence-electron chi connectivity index (χ1n) is 6.52. The van der Waals surface area contributed by atoms with Crippen molar-refractivity contribution < 1.29 is 24.0 Å². The van der Waals surface area contributed by atoms with Crippen molar-refractivity contribution in [2.24, 2.45) is 0 Å². The van der Waals surface area contributed by atoms with Crippen LogP contribution in [0.4, 0.5) is 5.69 Å². The molecule has 0 unspecified atom stereocenters. The van der Waals surface area contributed by atoms with E-state index in [1.165, 1.54) is 18.4 Å². The number of nitrogens with zero attached hydrogens (tertiary/aromatic N) is 1. The highest BCUT2D eigenvalue weighted by molar-refractivity contribution is 5.94. The van der Waals surface area contributed by atoms with E-state index in [-0.39, 0.29) is 35.9 Å². The molecule has 120 valence electrons. The zero-order chi connectivity index (χ0) is 16.8. The predicted octanol–water partition coefficient (Wildman–Crippen LogP) is 0.940. The Hall–Kier alpha value is -3.36. The molecule has 9 nitrogen and oxygen atoms in total. The average molecular weight is 319 g/mol. The number of amides is 2. The highest BCUT2D eigenvalue weighted by atomic mass is 16.6. The van der Waals surface area contributed by atoms with Crippen LogP contribution >= 0.6 is 0 Å². The van der Waals surface area contributed by atoms with Gasteiger partial charge in [0.05, 0.1) is 17.7 Å². The van der Waals surface area contributed by atoms with E-state index in [0.29, 0.717) is 0 Å². The van der Waals surface area contributed by atoms with Gasteiger partial charge < -0.3 is 20.2 Å². The van der Waals surface area contributed by atoms with Gasteiger partial charge in [-0.1, -0.05) is 0 Å². The van der Waals surface area contributed by atoms with Crippen molar-refractivity contribution in [2.45, 2.75) is 6.54 Å². The SMILES string of the molecule is O=C(CNC(=O)c1ccco1)NCc1cc([N+](=O)[O-])ccc1O. The van der Waals surface area contributed by atoms with Gasteiger partial charge in [0.15, 0.2) is 5.76 Å². The molecule has 1 aromatic heterocycles. The van der Waals surface area contributed by atoms with Crippen LogP contribution in [0.5, 0.6) is 5.75 Å². The predicted molar refractivity (Wildman–Crippen MR) is 77.6 cm³/mol. The van der Waals surface area contributed by atoms with Crippen LogP contribution in [-0.2, 0) is 11.3 Å². The van der Waals surface area contributed by atoms with Crippen molar-refractivity contribution in [3.63, 3.8) is 0 Å². The number of furan rings is 1. The van der Waals surface area contributed by atoms with Crippen LogP contribution in [0.1, 0.15) is 16.1 Å². The lowest BCUT2D eigenvalue weighted by molar-refractivity contribution is -0.384. The Labute approximate surface area is 130 Å². The van der Waals surface area contributed by atoms with E-state index < -0.39 is 16.7 Å². The van der Waals surface area contributed by atoms with E-state index in [4.69, 9.17) is 4.42 Å². The molecule has 0 atom stereocenters. The Morgan fingerprint density at radius 3 is 2.70 bits per heavy atom. The van der Waals surface area contributed by atoms with Gasteiger partial charge in [0, 0.05) is 24.2 Å². The van der Waals surface area contributed by atoms with Gasteiger partial charge in [-0.3, -0.25) is 19.7 Å². The first kappa shape index (κ1) is 16.0. The van der Waals surface area contributed by atoms with Crippen LogP contribution < -0.4 is 10.6 Å². The summed E-state index contributed by atoms with van der Waals surface area (Å²) < 4.78 is 4.87. The van der Waals surface area contributed by atoms with Crippen LogP contribution in [0.25, 0.3) is 0 Å². The molecule has 3 N–H and O–H groups in total. The third kappa shape index (κ3) is 4.30. The summed E-state index contributed by atoms with van der Waals surface area (Å²) in [6.45, 7) is -0.405. The molecule has 0 aliphatic rings. The van der Waals surface area contributed by atoms with Crippen LogP contribution in [0.3, 0.4) is 0 Å². The van der Waals surface area contributed by atoms with Crippen molar-refractivity contribution in [3.8, 4) is 5.75 Å². The summed E-state index contributed by atoms with van der Waals surface area (Å²) >= 11 is 0. The summed E-state index contributed by atoms with van der Waals surface area (Å²) in [5.74, 6) is -1.15. The highest BCUT2D eigenvalue weighted by Gasteiger charge is 2.13. The zero-order valence-corrected chi connectivity index (χ0v) is 11.8. The molecule has 0 aliphatic carbocycles. The maximum atomic E-state index is 11.6. The molecule has 1 heterocycles. The number of nitro benzene ring substituents is 1. The lowest BCUT2D eigenvalue weighted by Crippen LogP contribution is -2.36. The fourth-order valence-corrected chi connectivity index (χ4v) is 1.74. The zero-order valence-electron chi connectivity index (χ0n) is 11.8. The Balaban J connectivity index is 1.86. The first-order chi connectivity index (χ1) is 11.0. The van der Waals surface area contributed by atoms with Gasteiger partial charge in [-0.05, 0) is 18.2 Å². The molecule has 0 fully saturated rings. The standard InChI is InChI=1S/C14H13N3O6/c18-11-4-3-10(17(21)22)6-9(11)7-15-13(19)8-16-14(20)12-2-1-5-23-12/h1-6,18H,7-8H2,(H,15,19)(H,16,20). The largest absolute Gasteiger partial charge is 0.508 e. The molecular weight excluding hydrogens is 306 g/mol. The van der Waals surface area contributed by atoms with Gasteiger partial charge in [-0.2, -0.15) is 0 Å². The lowest BCUT2D eigenvalue weighted by atomic mass is 10.2. The number of nitro groups is 1. The number of rotatable bonds is 6. The average Bonchev–Trinajstić information content (AvgIpc) is 3.06. The topological polar surface area (TPSA) is 135 Å². The van der Waals surface area contributed by atoms with E-state index >= 15 is 0 Å². The molecule has 0 spiro atoms. The molecule has 0 radical (unpaired) electrons. The van der Waals surface area contributed by atoms with E-state index in [0.717, 1.165) is 12.1 Å². The Morgan fingerprint density at radius 2 is 2.04 bits per heavy atom. The summed E-state index contributed by atoms with van der Waals surface area (Å²) in [6.07, 6.45) is 1.33. The van der Waals surface area contributed by atoms with Crippen LogP contribution in [0.15, 0.2) is 41.0 Å². The summed E-state index contributed by atoms with van der Waals surface area (Å²) in [6, 6.07) is 6.49. The summed E-state index contributed by atoms with van der Waals surface area (Å²) in [7, 11) is 0. The quantitative estimate of drug-likeness (QED) is 0.535. The summed E-state index contributed by atoms with van der Waals surface area (Å²) in [5.41, 5.74) is 0.00285. The maximum absolute atomic E-state index is 11.6. The molecule has 9 heteroatoms. The molecule has 0 saturated carbocycles. The van der Waals surface area contributed by atoms with Gasteiger partial charge in [-0.25, -0.2) is 0 Å². The molecule has 2 amide bonds. The number of aromatic hydroxyl groups is 1. The minimum Gasteiger partial charge on any atom is -0.508 e. The van der Waals surface area contributed by atoms with Gasteiger partial charge in [0.1, 0.15) is 5.75 Å². The van der Waals surface area contributed by atoms with E-state index in [2.05, 4.69) is 10.6 Å². The number of nitrogens with one attached hydrogen (secondary N) is 2. The Bertz CT molecular complexity index is 726. The van der Waals surface area contributed by atoms with Gasteiger partial charge in [0.2, 0.25) is 5.91 Å². The summed E-state index contributed by atoms with van der Waals surface area (Å²) in [4.78, 5) is 33.3. The second-order valence-corrected chi connectivity index (χ2v) is 4.51. The van der Waals surface area contributed by atoms with Crippen molar-refractivity contribution in [1.82, 2.24) is 10.6 Å². The number of carbonyl (C=O) groups excluding carboxylic acids is 2. The molecule has 2 rings (SSSR count). The molecule has 0 aliphatic heterocycles. The number of phenols is 1. The minimum atomic E-state index is -0.603. The maximum Gasteiger partial charge on any atom is 0.287 e. The Morgan fingerprint density at radius 1 is 1.26 bits per heavy atom. The summed E-state index contributed by atoms with van der Waals surface area (Å²) in [5, 5.41) is 25.1. The number of benzene rings is 1. The van der Waals surface area contributed by atoms with Crippen LogP contribution in [-0.4, -0.2) is 28.4 Å². The highest BCUT2D eigenvalue weighted by Crippen LogP contribution is 2.22. The van der Waals surface area contributed by atoms with Gasteiger partial charge >= 0.3 is 0 Å². The van der Waals surface area contributed by atoms with E-state index in [1.807, 2.05) is 0 Å². The monoisotopic (exact) mass is 319 g/mol. The van der Waals surface area contributed by atoms with Crippen molar-refractivity contribution in [3.05, 3.63) is 58.0 Å². The number of non-ortho nitro benzene ring substituents is 1. The van der Waals surface area contributed by atoms with Crippen LogP contribution in [0.2, 0.25) is 0 Å². The van der Waals surface area contributed by atoms with Crippen LogP contribution in [0, 0.1) is 10.1 Å². The normalized spacial score (nSPS) is 10.1. The van der Waals surface area contributed by atoms with Crippen molar-refractivity contribution in [1.29, 1.82) is 0 Å². The fraction of sp³-hybridized carbons (Fsp3) is 0.143. The first-order valence-corrected chi connectivity index (χ1v) is 6.52. The number of phenolic OH excluding ortho intramolecular Hbond substituents is 1. The second kappa shape index (κ2) is 7.07.